The number of hydrogen-bond donors (Lipinski definition) is 2. The molecule has 0 saturated heterocycles. The van der Waals surface area contributed by atoms with Crippen molar-refractivity contribution in [2.24, 2.45) is 0 Å². The lowest BCUT2D eigenvalue weighted by Gasteiger charge is -2.11. The molecule has 0 aromatic heterocycles. The molecule has 0 aliphatic rings. The van der Waals surface area contributed by atoms with E-state index < -0.39 is 0 Å². The number of carbonyl (C=O) groups excluding carboxylic acids is 1. The summed E-state index contributed by atoms with van der Waals surface area (Å²) in [4.78, 5) is 12.2. The molecule has 1 amide bonds. The zero-order chi connectivity index (χ0) is 20.0. The Morgan fingerprint density at radius 1 is 0.821 bits per heavy atom. The molecule has 0 atom stereocenters. The average Bonchev–Trinajstić information content (AvgIpc) is 2.71. The number of amides is 1. The van der Waals surface area contributed by atoms with Crippen LogP contribution in [0.25, 0.3) is 0 Å². The number of benzene rings is 2. The maximum absolute atomic E-state index is 12.2. The Balaban J connectivity index is 1.74. The van der Waals surface area contributed by atoms with Crippen LogP contribution in [-0.2, 0) is 4.79 Å². The highest BCUT2D eigenvalue weighted by atomic mass is 16.5. The van der Waals surface area contributed by atoms with E-state index in [4.69, 9.17) is 9.47 Å². The molecule has 0 fully saturated rings. The van der Waals surface area contributed by atoms with Gasteiger partial charge in [0.25, 0.3) is 0 Å². The molecule has 28 heavy (non-hydrogen) atoms. The van der Waals surface area contributed by atoms with E-state index in [2.05, 4.69) is 24.5 Å². The van der Waals surface area contributed by atoms with Crippen LogP contribution in [0.15, 0.2) is 48.5 Å². The standard InChI is InChI=1S/C23H32N2O3/c1-3-5-6-7-16-28-22-10-8-9-20(17-22)25-23(26)18-24-19-11-13-21(14-12-19)27-15-4-2/h8-14,17,24H,3-7,15-16,18H2,1-2H3,(H,25,26). The number of ether oxygens (including phenoxy) is 2. The lowest BCUT2D eigenvalue weighted by molar-refractivity contribution is -0.114. The van der Waals surface area contributed by atoms with Gasteiger partial charge in [0.2, 0.25) is 5.91 Å². The molecular weight excluding hydrogens is 352 g/mol. The summed E-state index contributed by atoms with van der Waals surface area (Å²) in [6.45, 7) is 5.87. The fraction of sp³-hybridized carbons (Fsp3) is 0.435. The normalized spacial score (nSPS) is 10.4. The number of nitrogens with one attached hydrogen (secondary N) is 2. The summed E-state index contributed by atoms with van der Waals surface area (Å²) in [5.74, 6) is 1.51. The van der Waals surface area contributed by atoms with Crippen molar-refractivity contribution in [1.29, 1.82) is 0 Å². The van der Waals surface area contributed by atoms with Crippen molar-refractivity contribution in [2.45, 2.75) is 46.0 Å². The third-order valence-electron chi connectivity index (χ3n) is 4.16. The van der Waals surface area contributed by atoms with Crippen LogP contribution in [0.4, 0.5) is 11.4 Å². The molecule has 152 valence electrons. The Bertz CT molecular complexity index is 701. The molecule has 0 bridgehead atoms. The van der Waals surface area contributed by atoms with Gasteiger partial charge in [-0.25, -0.2) is 0 Å². The molecule has 0 aliphatic heterocycles. The number of unbranched alkanes of at least 4 members (excludes halogenated alkanes) is 3. The van der Waals surface area contributed by atoms with E-state index in [9.17, 15) is 4.79 Å². The summed E-state index contributed by atoms with van der Waals surface area (Å²) in [6, 6.07) is 15.1. The highest BCUT2D eigenvalue weighted by molar-refractivity contribution is 5.93. The summed E-state index contributed by atoms with van der Waals surface area (Å²) in [6.07, 6.45) is 5.67. The quantitative estimate of drug-likeness (QED) is 0.449. The first-order valence-corrected chi connectivity index (χ1v) is 10.2. The van der Waals surface area contributed by atoms with Gasteiger partial charge >= 0.3 is 0 Å². The zero-order valence-electron chi connectivity index (χ0n) is 17.0. The molecule has 2 aromatic rings. The summed E-state index contributed by atoms with van der Waals surface area (Å²) in [5, 5.41) is 6.01. The lowest BCUT2D eigenvalue weighted by atomic mass is 10.2. The second kappa shape index (κ2) is 12.7. The first kappa shape index (κ1) is 21.6. The highest BCUT2D eigenvalue weighted by Gasteiger charge is 2.04. The van der Waals surface area contributed by atoms with Crippen molar-refractivity contribution in [3.05, 3.63) is 48.5 Å². The zero-order valence-corrected chi connectivity index (χ0v) is 17.0. The minimum absolute atomic E-state index is 0.105. The van der Waals surface area contributed by atoms with Gasteiger partial charge in [0, 0.05) is 17.4 Å². The van der Waals surface area contributed by atoms with Crippen molar-refractivity contribution >= 4 is 17.3 Å². The van der Waals surface area contributed by atoms with E-state index in [0.717, 1.165) is 35.7 Å². The highest BCUT2D eigenvalue weighted by Crippen LogP contribution is 2.18. The van der Waals surface area contributed by atoms with Gasteiger partial charge in [-0.1, -0.05) is 39.2 Å². The van der Waals surface area contributed by atoms with E-state index in [1.807, 2.05) is 48.5 Å². The topological polar surface area (TPSA) is 59.6 Å². The molecule has 2 aromatic carbocycles. The van der Waals surface area contributed by atoms with Crippen LogP contribution in [-0.4, -0.2) is 25.7 Å². The van der Waals surface area contributed by atoms with E-state index >= 15 is 0 Å². The second-order valence-corrected chi connectivity index (χ2v) is 6.71. The smallest absolute Gasteiger partial charge is 0.243 e. The van der Waals surface area contributed by atoms with E-state index in [1.165, 1.54) is 19.3 Å². The Morgan fingerprint density at radius 2 is 1.61 bits per heavy atom. The van der Waals surface area contributed by atoms with Gasteiger partial charge in [0.15, 0.2) is 0 Å². The Labute approximate surface area is 168 Å². The monoisotopic (exact) mass is 384 g/mol. The van der Waals surface area contributed by atoms with Gasteiger partial charge < -0.3 is 20.1 Å². The molecule has 0 spiro atoms. The number of carbonyl (C=O) groups is 1. The van der Waals surface area contributed by atoms with Crippen LogP contribution in [0, 0.1) is 0 Å². The summed E-state index contributed by atoms with van der Waals surface area (Å²) in [7, 11) is 0. The van der Waals surface area contributed by atoms with Crippen molar-refractivity contribution in [3.63, 3.8) is 0 Å². The largest absolute Gasteiger partial charge is 0.494 e. The first-order chi connectivity index (χ1) is 13.7. The van der Waals surface area contributed by atoms with Crippen LogP contribution in [0.5, 0.6) is 11.5 Å². The van der Waals surface area contributed by atoms with Crippen LogP contribution < -0.4 is 20.1 Å². The maximum atomic E-state index is 12.2. The summed E-state index contributed by atoms with van der Waals surface area (Å²) in [5.41, 5.74) is 1.62. The molecule has 0 saturated carbocycles. The summed E-state index contributed by atoms with van der Waals surface area (Å²) < 4.78 is 11.3. The molecule has 0 heterocycles. The third kappa shape index (κ3) is 8.33. The Hall–Kier alpha value is -2.69. The predicted octanol–water partition coefficient (Wildman–Crippen LogP) is 5.49. The molecule has 5 heteroatoms. The van der Waals surface area contributed by atoms with Crippen LogP contribution in [0.3, 0.4) is 0 Å². The average molecular weight is 385 g/mol. The number of rotatable bonds is 13. The maximum Gasteiger partial charge on any atom is 0.243 e. The van der Waals surface area contributed by atoms with Crippen molar-refractivity contribution < 1.29 is 14.3 Å². The molecule has 5 nitrogen and oxygen atoms in total. The molecule has 0 radical (unpaired) electrons. The van der Waals surface area contributed by atoms with Gasteiger partial charge in [-0.15, -0.1) is 0 Å². The van der Waals surface area contributed by atoms with Gasteiger partial charge in [0.05, 0.1) is 19.8 Å². The van der Waals surface area contributed by atoms with Gasteiger partial charge in [0.1, 0.15) is 11.5 Å². The first-order valence-electron chi connectivity index (χ1n) is 10.2. The van der Waals surface area contributed by atoms with Gasteiger partial charge in [-0.3, -0.25) is 4.79 Å². The minimum atomic E-state index is -0.105. The summed E-state index contributed by atoms with van der Waals surface area (Å²) >= 11 is 0. The number of hydrogen-bond acceptors (Lipinski definition) is 4. The second-order valence-electron chi connectivity index (χ2n) is 6.71. The van der Waals surface area contributed by atoms with E-state index in [-0.39, 0.29) is 12.5 Å². The van der Waals surface area contributed by atoms with Crippen LogP contribution >= 0.6 is 0 Å². The van der Waals surface area contributed by atoms with E-state index in [0.29, 0.717) is 13.2 Å². The predicted molar refractivity (Wildman–Crippen MR) is 115 cm³/mol. The molecule has 2 rings (SSSR count). The fourth-order valence-corrected chi connectivity index (χ4v) is 2.66. The molecule has 0 unspecified atom stereocenters. The van der Waals surface area contributed by atoms with E-state index in [1.54, 1.807) is 0 Å². The molecular formula is C23H32N2O3. The Kier molecular flexibility index (Phi) is 9.76. The van der Waals surface area contributed by atoms with Crippen LogP contribution in [0.1, 0.15) is 46.0 Å². The van der Waals surface area contributed by atoms with Crippen molar-refractivity contribution in [1.82, 2.24) is 0 Å². The third-order valence-corrected chi connectivity index (χ3v) is 4.16. The van der Waals surface area contributed by atoms with Gasteiger partial charge in [-0.05, 0) is 49.2 Å². The van der Waals surface area contributed by atoms with Crippen LogP contribution in [0.2, 0.25) is 0 Å². The lowest BCUT2D eigenvalue weighted by Crippen LogP contribution is -2.21. The van der Waals surface area contributed by atoms with Crippen molar-refractivity contribution in [2.75, 3.05) is 30.4 Å². The fourth-order valence-electron chi connectivity index (χ4n) is 2.66. The number of anilines is 2. The van der Waals surface area contributed by atoms with Crippen molar-refractivity contribution in [3.8, 4) is 11.5 Å². The molecule has 0 aliphatic carbocycles. The molecule has 2 N–H and O–H groups in total. The van der Waals surface area contributed by atoms with Gasteiger partial charge in [-0.2, -0.15) is 0 Å². The Morgan fingerprint density at radius 3 is 2.36 bits per heavy atom. The SMILES string of the molecule is CCCCCCOc1cccc(NC(=O)CNc2ccc(OCCC)cc2)c1. The minimum Gasteiger partial charge on any atom is -0.494 e.